The van der Waals surface area contributed by atoms with E-state index < -0.39 is 10.0 Å². The monoisotopic (exact) mass is 397 g/mol. The van der Waals surface area contributed by atoms with E-state index in [0.717, 1.165) is 19.4 Å². The highest BCUT2D eigenvalue weighted by atomic mass is 32.2. The molecule has 0 unspecified atom stereocenters. The van der Waals surface area contributed by atoms with Crippen LogP contribution in [0, 0.1) is 0 Å². The van der Waals surface area contributed by atoms with E-state index in [-0.39, 0.29) is 4.90 Å². The molecule has 0 saturated heterocycles. The van der Waals surface area contributed by atoms with E-state index in [1.54, 1.807) is 24.3 Å². The first-order valence-corrected chi connectivity index (χ1v) is 10.5. The summed E-state index contributed by atoms with van der Waals surface area (Å²) in [6.45, 7) is 0.790. The van der Waals surface area contributed by atoms with Crippen LogP contribution in [-0.4, -0.2) is 27.1 Å². The molecule has 0 saturated carbocycles. The molecule has 2 aromatic carbocycles. The number of pyridine rings is 1. The Morgan fingerprint density at radius 3 is 2.36 bits per heavy atom. The summed E-state index contributed by atoms with van der Waals surface area (Å²) in [5.41, 5.74) is 1.71. The van der Waals surface area contributed by atoms with E-state index in [1.165, 1.54) is 31.0 Å². The summed E-state index contributed by atoms with van der Waals surface area (Å²) in [4.78, 5) is 4.43. The quantitative estimate of drug-likeness (QED) is 0.535. The highest BCUT2D eigenvalue weighted by Gasteiger charge is 2.14. The molecule has 0 amide bonds. The Morgan fingerprint density at radius 1 is 0.964 bits per heavy atom. The van der Waals surface area contributed by atoms with Crippen molar-refractivity contribution >= 4 is 21.5 Å². The molecule has 1 heterocycles. The molecule has 0 fully saturated rings. The highest BCUT2D eigenvalue weighted by Crippen LogP contribution is 2.19. The van der Waals surface area contributed by atoms with Crippen LogP contribution in [0.2, 0.25) is 0 Å². The molecule has 0 aliphatic heterocycles. The van der Waals surface area contributed by atoms with Gasteiger partial charge >= 0.3 is 0 Å². The number of sulfonamides is 1. The predicted molar refractivity (Wildman–Crippen MR) is 111 cm³/mol. The third kappa shape index (κ3) is 5.47. The number of nitrogens with zero attached hydrogens (tertiary/aromatic N) is 1. The lowest BCUT2D eigenvalue weighted by molar-refractivity contribution is 0.414. The van der Waals surface area contributed by atoms with Crippen LogP contribution in [0.1, 0.15) is 12.0 Å². The number of aromatic nitrogens is 1. The van der Waals surface area contributed by atoms with E-state index in [0.29, 0.717) is 17.3 Å². The van der Waals surface area contributed by atoms with Gasteiger partial charge in [-0.25, -0.2) is 13.4 Å². The smallest absolute Gasteiger partial charge is 0.261 e. The molecule has 3 aromatic rings. The first-order chi connectivity index (χ1) is 13.6. The van der Waals surface area contributed by atoms with Gasteiger partial charge in [-0.2, -0.15) is 0 Å². The van der Waals surface area contributed by atoms with Crippen molar-refractivity contribution in [2.45, 2.75) is 17.7 Å². The molecule has 0 aliphatic rings. The Labute approximate surface area is 165 Å². The van der Waals surface area contributed by atoms with Crippen LogP contribution in [0.3, 0.4) is 0 Å². The summed E-state index contributed by atoms with van der Waals surface area (Å²) in [5, 5.41) is 3.25. The van der Waals surface area contributed by atoms with Crippen LogP contribution in [0.15, 0.2) is 77.8 Å². The van der Waals surface area contributed by atoms with E-state index in [1.807, 2.05) is 18.2 Å². The standard InChI is InChI=1S/C21H23N3O3S/c1-27-19-10-12-20(13-11-19)28(25,26)24-18-9-14-21(23-16-18)22-15-5-8-17-6-3-2-4-7-17/h2-4,6-7,9-14,16,24H,5,8,15H2,1H3,(H,22,23). The number of methoxy groups -OCH3 is 1. The molecule has 146 valence electrons. The van der Waals surface area contributed by atoms with Gasteiger partial charge in [-0.15, -0.1) is 0 Å². The fourth-order valence-electron chi connectivity index (χ4n) is 2.68. The minimum atomic E-state index is -3.67. The van der Waals surface area contributed by atoms with Crippen molar-refractivity contribution in [3.63, 3.8) is 0 Å². The van der Waals surface area contributed by atoms with E-state index >= 15 is 0 Å². The molecule has 0 aliphatic carbocycles. The fourth-order valence-corrected chi connectivity index (χ4v) is 3.72. The topological polar surface area (TPSA) is 80.3 Å². The van der Waals surface area contributed by atoms with Gasteiger partial charge in [0.15, 0.2) is 0 Å². The van der Waals surface area contributed by atoms with Crippen molar-refractivity contribution in [1.82, 2.24) is 4.98 Å². The lowest BCUT2D eigenvalue weighted by atomic mass is 10.1. The number of benzene rings is 2. The van der Waals surface area contributed by atoms with Crippen LogP contribution in [0.5, 0.6) is 5.75 Å². The fraction of sp³-hybridized carbons (Fsp3) is 0.190. The Morgan fingerprint density at radius 2 is 1.71 bits per heavy atom. The number of rotatable bonds is 9. The third-order valence-electron chi connectivity index (χ3n) is 4.18. The lowest BCUT2D eigenvalue weighted by Gasteiger charge is -2.10. The molecule has 6 nitrogen and oxygen atoms in total. The molecular weight excluding hydrogens is 374 g/mol. The second kappa shape index (κ2) is 9.23. The van der Waals surface area contributed by atoms with Crippen LogP contribution >= 0.6 is 0 Å². The first-order valence-electron chi connectivity index (χ1n) is 8.97. The van der Waals surface area contributed by atoms with E-state index in [2.05, 4.69) is 27.2 Å². The molecular formula is C21H23N3O3S. The summed E-state index contributed by atoms with van der Waals surface area (Å²) in [5.74, 6) is 1.31. The molecule has 0 bridgehead atoms. The Kier molecular flexibility index (Phi) is 6.49. The summed E-state index contributed by atoms with van der Waals surface area (Å²) in [6.07, 6.45) is 3.48. The Balaban J connectivity index is 1.52. The lowest BCUT2D eigenvalue weighted by Crippen LogP contribution is -2.13. The van der Waals surface area contributed by atoms with Gasteiger partial charge in [0.25, 0.3) is 10.0 Å². The van der Waals surface area contributed by atoms with Crippen molar-refractivity contribution in [3.8, 4) is 5.75 Å². The summed E-state index contributed by atoms with van der Waals surface area (Å²) in [6, 6.07) is 20.0. The average Bonchev–Trinajstić information content (AvgIpc) is 2.73. The SMILES string of the molecule is COc1ccc(S(=O)(=O)Nc2ccc(NCCCc3ccccc3)nc2)cc1. The second-order valence-corrected chi connectivity index (χ2v) is 7.91. The second-order valence-electron chi connectivity index (χ2n) is 6.23. The normalized spacial score (nSPS) is 11.0. The highest BCUT2D eigenvalue weighted by molar-refractivity contribution is 7.92. The van der Waals surface area contributed by atoms with Crippen molar-refractivity contribution in [3.05, 3.63) is 78.5 Å². The Hall–Kier alpha value is -3.06. The molecule has 1 aromatic heterocycles. The minimum Gasteiger partial charge on any atom is -0.497 e. The van der Waals surface area contributed by atoms with Gasteiger partial charge in [0.05, 0.1) is 23.9 Å². The van der Waals surface area contributed by atoms with Gasteiger partial charge in [-0.05, 0) is 54.8 Å². The van der Waals surface area contributed by atoms with Crippen LogP contribution in [0.4, 0.5) is 11.5 Å². The van der Waals surface area contributed by atoms with Crippen molar-refractivity contribution in [1.29, 1.82) is 0 Å². The number of anilines is 2. The summed E-state index contributed by atoms with van der Waals surface area (Å²) >= 11 is 0. The summed E-state index contributed by atoms with van der Waals surface area (Å²) in [7, 11) is -2.14. The molecule has 3 rings (SSSR count). The van der Waals surface area contributed by atoms with Gasteiger partial charge < -0.3 is 10.1 Å². The zero-order valence-corrected chi connectivity index (χ0v) is 16.4. The molecule has 2 N–H and O–H groups in total. The molecule has 7 heteroatoms. The van der Waals surface area contributed by atoms with E-state index in [9.17, 15) is 8.42 Å². The number of hydrogen-bond donors (Lipinski definition) is 2. The maximum absolute atomic E-state index is 12.4. The van der Waals surface area contributed by atoms with Gasteiger partial charge in [-0.3, -0.25) is 4.72 Å². The molecule has 0 radical (unpaired) electrons. The van der Waals surface area contributed by atoms with Crippen molar-refractivity contribution in [2.75, 3.05) is 23.7 Å². The predicted octanol–water partition coefficient (Wildman–Crippen LogP) is 3.94. The van der Waals surface area contributed by atoms with Gasteiger partial charge in [0.1, 0.15) is 11.6 Å². The number of nitrogens with one attached hydrogen (secondary N) is 2. The molecule has 28 heavy (non-hydrogen) atoms. The third-order valence-corrected chi connectivity index (χ3v) is 5.57. The zero-order chi connectivity index (χ0) is 19.8. The zero-order valence-electron chi connectivity index (χ0n) is 15.6. The minimum absolute atomic E-state index is 0.163. The maximum atomic E-state index is 12.4. The molecule has 0 atom stereocenters. The number of ether oxygens (including phenoxy) is 1. The van der Waals surface area contributed by atoms with Crippen LogP contribution in [0.25, 0.3) is 0 Å². The van der Waals surface area contributed by atoms with Crippen LogP contribution < -0.4 is 14.8 Å². The largest absolute Gasteiger partial charge is 0.497 e. The van der Waals surface area contributed by atoms with E-state index in [4.69, 9.17) is 4.74 Å². The summed E-state index contributed by atoms with van der Waals surface area (Å²) < 4.78 is 32.4. The first kappa shape index (κ1) is 19.7. The maximum Gasteiger partial charge on any atom is 0.261 e. The molecule has 0 spiro atoms. The Bertz CT molecular complexity index is 974. The van der Waals surface area contributed by atoms with Gasteiger partial charge in [0, 0.05) is 6.54 Å². The van der Waals surface area contributed by atoms with Crippen molar-refractivity contribution in [2.24, 2.45) is 0 Å². The van der Waals surface area contributed by atoms with Crippen LogP contribution in [-0.2, 0) is 16.4 Å². The van der Waals surface area contributed by atoms with Gasteiger partial charge in [-0.1, -0.05) is 30.3 Å². The number of hydrogen-bond acceptors (Lipinski definition) is 5. The van der Waals surface area contributed by atoms with Gasteiger partial charge in [0.2, 0.25) is 0 Å². The number of aryl methyl sites for hydroxylation is 1. The van der Waals surface area contributed by atoms with Crippen molar-refractivity contribution < 1.29 is 13.2 Å². The average molecular weight is 398 g/mol.